The zero-order chi connectivity index (χ0) is 41.1. The SMILES string of the molecule is CCCCCCCCCCCCCCCCCCC[C@H](COP(=O)(O)OC[C@H]1O[C@@](C#N)(c2ccc3c(N)ccnn23)[C@H](O)[C@@H]1O)OCc1ccc(C#N)cc1F. The minimum atomic E-state index is -4.77. The molecule has 3 aromatic rings. The van der Waals surface area contributed by atoms with Crippen molar-refractivity contribution < 1.29 is 42.6 Å². The Hall–Kier alpha value is -3.43. The van der Waals surface area contributed by atoms with Gasteiger partial charge in [0.1, 0.15) is 30.2 Å². The van der Waals surface area contributed by atoms with Gasteiger partial charge in [-0.05, 0) is 36.8 Å². The molecule has 1 aliphatic rings. The van der Waals surface area contributed by atoms with Crippen molar-refractivity contribution >= 4 is 19.0 Å². The Morgan fingerprint density at radius 3 is 2.12 bits per heavy atom. The monoisotopic (exact) mass is 813 g/mol. The van der Waals surface area contributed by atoms with Gasteiger partial charge < -0.3 is 30.3 Å². The van der Waals surface area contributed by atoms with E-state index in [9.17, 15) is 29.3 Å². The van der Waals surface area contributed by atoms with Gasteiger partial charge in [0.05, 0.1) is 54.5 Å². The molecule has 15 heteroatoms. The second kappa shape index (κ2) is 23.8. The highest BCUT2D eigenvalue weighted by Crippen LogP contribution is 2.46. The van der Waals surface area contributed by atoms with Crippen molar-refractivity contribution in [1.82, 2.24) is 9.61 Å². The number of nitriles is 2. The molecule has 1 fully saturated rings. The molecule has 2 aromatic heterocycles. The highest BCUT2D eigenvalue weighted by atomic mass is 31.2. The van der Waals surface area contributed by atoms with Crippen LogP contribution in [0.3, 0.4) is 0 Å². The van der Waals surface area contributed by atoms with Gasteiger partial charge in [-0.1, -0.05) is 122 Å². The molecule has 1 unspecified atom stereocenters. The van der Waals surface area contributed by atoms with Gasteiger partial charge in [0, 0.05) is 11.8 Å². The van der Waals surface area contributed by atoms with E-state index in [-0.39, 0.29) is 30.0 Å². The van der Waals surface area contributed by atoms with Crippen LogP contribution in [0.4, 0.5) is 10.1 Å². The van der Waals surface area contributed by atoms with Gasteiger partial charge in [-0.2, -0.15) is 15.6 Å². The molecular weight excluding hydrogens is 752 g/mol. The number of unbranched alkanes of at least 4 members (excludes halogenated alkanes) is 16. The highest BCUT2D eigenvalue weighted by Gasteiger charge is 2.58. The number of anilines is 1. The Labute approximate surface area is 336 Å². The molecule has 0 aliphatic carbocycles. The van der Waals surface area contributed by atoms with Gasteiger partial charge in [0.25, 0.3) is 0 Å². The first-order valence-corrected chi connectivity index (χ1v) is 22.1. The number of phosphoric ester groups is 1. The summed E-state index contributed by atoms with van der Waals surface area (Å²) in [5.41, 5.74) is 5.25. The summed E-state index contributed by atoms with van der Waals surface area (Å²) in [5.74, 6) is -0.596. The Balaban J connectivity index is 1.21. The molecule has 57 heavy (non-hydrogen) atoms. The summed E-state index contributed by atoms with van der Waals surface area (Å²) in [6.45, 7) is 1.05. The third kappa shape index (κ3) is 13.8. The first-order valence-electron chi connectivity index (χ1n) is 20.6. The van der Waals surface area contributed by atoms with Crippen LogP contribution >= 0.6 is 7.82 Å². The van der Waals surface area contributed by atoms with Crippen LogP contribution in [0.15, 0.2) is 42.6 Å². The molecule has 0 spiro atoms. The zero-order valence-corrected chi connectivity index (χ0v) is 34.2. The van der Waals surface area contributed by atoms with E-state index < -0.39 is 50.3 Å². The quantitative estimate of drug-likeness (QED) is 0.0402. The number of ether oxygens (including phenoxy) is 2. The number of nitrogens with zero attached hydrogens (tertiary/aromatic N) is 4. The lowest BCUT2D eigenvalue weighted by Crippen LogP contribution is -2.41. The number of halogens is 1. The average molecular weight is 814 g/mol. The Kier molecular flexibility index (Phi) is 19.4. The van der Waals surface area contributed by atoms with Gasteiger partial charge in [-0.15, -0.1) is 0 Å². The van der Waals surface area contributed by atoms with E-state index in [1.54, 1.807) is 12.1 Å². The first kappa shape index (κ1) is 46.3. The lowest BCUT2D eigenvalue weighted by molar-refractivity contribution is -0.0658. The number of aliphatic hydroxyl groups is 2. The van der Waals surface area contributed by atoms with Gasteiger partial charge in [0.2, 0.25) is 5.60 Å². The van der Waals surface area contributed by atoms with E-state index in [1.807, 2.05) is 12.1 Å². The molecule has 314 valence electrons. The number of aliphatic hydroxyl groups excluding tert-OH is 2. The van der Waals surface area contributed by atoms with Crippen LogP contribution < -0.4 is 5.73 Å². The van der Waals surface area contributed by atoms with Gasteiger partial charge in [-0.25, -0.2) is 13.5 Å². The number of nitrogen functional groups attached to an aromatic ring is 1. The normalized spacial score (nSPS) is 21.0. The van der Waals surface area contributed by atoms with Crippen molar-refractivity contribution in [2.75, 3.05) is 18.9 Å². The largest absolute Gasteiger partial charge is 0.472 e. The Morgan fingerprint density at radius 1 is 0.930 bits per heavy atom. The summed E-state index contributed by atoms with van der Waals surface area (Å²) in [5, 5.41) is 45.2. The van der Waals surface area contributed by atoms with E-state index in [2.05, 4.69) is 12.0 Å². The molecule has 0 bridgehead atoms. The number of fused-ring (bicyclic) bond motifs is 1. The fraction of sp³-hybridized carbons (Fsp3) is 0.643. The average Bonchev–Trinajstić information content (AvgIpc) is 3.75. The molecule has 0 radical (unpaired) electrons. The first-order chi connectivity index (χ1) is 27.5. The summed E-state index contributed by atoms with van der Waals surface area (Å²) in [4.78, 5) is 10.6. The summed E-state index contributed by atoms with van der Waals surface area (Å²) in [6, 6.07) is 12.5. The second-order valence-electron chi connectivity index (χ2n) is 15.1. The third-order valence-electron chi connectivity index (χ3n) is 10.7. The molecule has 1 aromatic carbocycles. The number of hydrogen-bond donors (Lipinski definition) is 4. The van der Waals surface area contributed by atoms with E-state index >= 15 is 0 Å². The van der Waals surface area contributed by atoms with Crippen LogP contribution in [0.1, 0.15) is 139 Å². The predicted molar refractivity (Wildman–Crippen MR) is 214 cm³/mol. The lowest BCUT2D eigenvalue weighted by atomic mass is 9.92. The van der Waals surface area contributed by atoms with E-state index in [1.165, 1.54) is 112 Å². The fourth-order valence-electron chi connectivity index (χ4n) is 7.27. The molecule has 1 aliphatic heterocycles. The molecule has 1 saturated heterocycles. The smallest absolute Gasteiger partial charge is 0.397 e. The van der Waals surface area contributed by atoms with Crippen LogP contribution in [0.25, 0.3) is 5.52 Å². The number of hydrogen-bond acceptors (Lipinski definition) is 11. The molecule has 3 heterocycles. The van der Waals surface area contributed by atoms with Crippen LogP contribution in [-0.4, -0.2) is 62.4 Å². The number of nitrogens with two attached hydrogens (primary N) is 1. The van der Waals surface area contributed by atoms with Crippen LogP contribution in [0, 0.1) is 28.5 Å². The zero-order valence-electron chi connectivity index (χ0n) is 33.3. The maximum Gasteiger partial charge on any atom is 0.472 e. The van der Waals surface area contributed by atoms with Crippen molar-refractivity contribution in [3.05, 3.63) is 65.2 Å². The van der Waals surface area contributed by atoms with Crippen LogP contribution in [0.5, 0.6) is 0 Å². The number of aromatic nitrogens is 2. The van der Waals surface area contributed by atoms with Crippen LogP contribution in [0.2, 0.25) is 0 Å². The van der Waals surface area contributed by atoms with Crippen molar-refractivity contribution in [2.45, 2.75) is 159 Å². The topological polar surface area (TPSA) is 206 Å². The molecular formula is C42H61FN5O8P. The minimum Gasteiger partial charge on any atom is -0.397 e. The van der Waals surface area contributed by atoms with E-state index in [4.69, 9.17) is 29.5 Å². The van der Waals surface area contributed by atoms with Gasteiger partial charge >= 0.3 is 7.82 Å². The summed E-state index contributed by atoms with van der Waals surface area (Å²) < 4.78 is 51.3. The van der Waals surface area contributed by atoms with Crippen molar-refractivity contribution in [1.29, 1.82) is 10.5 Å². The lowest BCUT2D eigenvalue weighted by Gasteiger charge is -2.24. The van der Waals surface area contributed by atoms with Gasteiger partial charge in [-0.3, -0.25) is 9.05 Å². The third-order valence-corrected chi connectivity index (χ3v) is 11.7. The molecule has 4 rings (SSSR count). The number of rotatable bonds is 28. The molecule has 6 atom stereocenters. The van der Waals surface area contributed by atoms with Gasteiger partial charge in [0.15, 0.2) is 0 Å². The van der Waals surface area contributed by atoms with Crippen molar-refractivity contribution in [2.24, 2.45) is 0 Å². The second-order valence-corrected chi connectivity index (χ2v) is 16.6. The molecule has 0 saturated carbocycles. The fourth-order valence-corrected chi connectivity index (χ4v) is 8.03. The van der Waals surface area contributed by atoms with Crippen molar-refractivity contribution in [3.8, 4) is 12.1 Å². The minimum absolute atomic E-state index is 0.104. The molecule has 13 nitrogen and oxygen atoms in total. The maximum absolute atomic E-state index is 14.6. The predicted octanol–water partition coefficient (Wildman–Crippen LogP) is 8.53. The standard InChI is InChI=1S/C42H61FN5O8P/c1-2-3-4-5-6-7-8-9-10-11-12-13-14-15-16-17-18-19-34(53-28-33-21-20-32(27-44)26-35(33)43)29-54-57(51,52)55-30-38-40(49)41(50)42(31-45,56-38)39-23-22-37-36(46)24-25-47-48(37)39/h20-26,34,38,40-41,49-50H,2-19,28-30,46H2,1H3,(H,51,52)/t34-,38-,40-,41-,42+/m1/s1. The van der Waals surface area contributed by atoms with E-state index in [0.29, 0.717) is 17.6 Å². The maximum atomic E-state index is 14.6. The van der Waals surface area contributed by atoms with Crippen molar-refractivity contribution in [3.63, 3.8) is 0 Å². The summed E-state index contributed by atoms with van der Waals surface area (Å²) >= 11 is 0. The van der Waals surface area contributed by atoms with E-state index in [0.717, 1.165) is 31.7 Å². The van der Waals surface area contributed by atoms with Crippen LogP contribution in [-0.2, 0) is 35.3 Å². The summed E-state index contributed by atoms with van der Waals surface area (Å²) in [6.07, 6.45) is 17.3. The summed E-state index contributed by atoms with van der Waals surface area (Å²) in [7, 11) is -4.77. The molecule has 0 amide bonds. The molecule has 5 N–H and O–H groups in total. The number of phosphoric acid groups is 1. The highest BCUT2D eigenvalue weighted by molar-refractivity contribution is 7.47. The number of benzene rings is 1. The Morgan fingerprint density at radius 2 is 1.54 bits per heavy atom. The Bertz CT molecular complexity index is 1800.